The SMILES string of the molecule is C[C@H]1CCCOc2ncc(OCCN(C)C)cc2C(=O)Nc2cccc(n2)-c2nncn21. The van der Waals surface area contributed by atoms with Crippen LogP contribution in [0.4, 0.5) is 5.82 Å². The lowest BCUT2D eigenvalue weighted by atomic mass is 10.1. The molecule has 1 amide bonds. The molecule has 1 aliphatic rings. The van der Waals surface area contributed by atoms with Crippen molar-refractivity contribution in [2.75, 3.05) is 39.2 Å². The van der Waals surface area contributed by atoms with Gasteiger partial charge in [0.05, 0.1) is 12.8 Å². The van der Waals surface area contributed by atoms with Crippen LogP contribution in [0.1, 0.15) is 36.2 Å². The molecular weight excluding hydrogens is 410 g/mol. The van der Waals surface area contributed by atoms with E-state index < -0.39 is 0 Å². The van der Waals surface area contributed by atoms with Crippen molar-refractivity contribution in [2.24, 2.45) is 0 Å². The standard InChI is InChI=1S/C22H27N7O3/c1-15-6-5-10-32-22-17(12-16(13-23-22)31-11-9-28(2)3)21(30)26-19-8-4-7-18(25-19)20-27-24-14-29(15)20/h4,7-8,12-15H,5-6,9-11H2,1-3H3,(H,25,26,30)/t15-/m0/s1. The van der Waals surface area contributed by atoms with Gasteiger partial charge >= 0.3 is 0 Å². The van der Waals surface area contributed by atoms with Crippen molar-refractivity contribution in [1.29, 1.82) is 0 Å². The molecule has 0 aliphatic carbocycles. The van der Waals surface area contributed by atoms with Crippen LogP contribution in [0, 0.1) is 0 Å². The number of hydrogen-bond acceptors (Lipinski definition) is 8. The van der Waals surface area contributed by atoms with Gasteiger partial charge in [-0.25, -0.2) is 9.97 Å². The lowest BCUT2D eigenvalue weighted by Gasteiger charge is -2.17. The Balaban J connectivity index is 1.65. The van der Waals surface area contributed by atoms with Crippen molar-refractivity contribution < 1.29 is 14.3 Å². The van der Waals surface area contributed by atoms with E-state index in [1.807, 2.05) is 35.7 Å². The van der Waals surface area contributed by atoms with Gasteiger partial charge in [-0.2, -0.15) is 0 Å². The lowest BCUT2D eigenvalue weighted by molar-refractivity contribution is 0.102. The van der Waals surface area contributed by atoms with E-state index in [0.29, 0.717) is 41.9 Å². The van der Waals surface area contributed by atoms with Gasteiger partial charge in [-0.15, -0.1) is 10.2 Å². The number of rotatable bonds is 4. The minimum Gasteiger partial charge on any atom is -0.491 e. The molecule has 2 bridgehead atoms. The average molecular weight is 438 g/mol. The molecule has 1 N–H and O–H groups in total. The molecule has 4 heterocycles. The molecule has 0 unspecified atom stereocenters. The quantitative estimate of drug-likeness (QED) is 0.664. The third-order valence-electron chi connectivity index (χ3n) is 5.15. The maximum atomic E-state index is 13.1. The summed E-state index contributed by atoms with van der Waals surface area (Å²) in [6.45, 7) is 3.77. The maximum absolute atomic E-state index is 13.1. The van der Waals surface area contributed by atoms with Crippen molar-refractivity contribution >= 4 is 11.7 Å². The predicted molar refractivity (Wildman–Crippen MR) is 119 cm³/mol. The van der Waals surface area contributed by atoms with Gasteiger partial charge in [-0.05, 0) is 52.1 Å². The average Bonchev–Trinajstić information content (AvgIpc) is 3.27. The molecule has 0 spiro atoms. The fourth-order valence-electron chi connectivity index (χ4n) is 3.38. The Hall–Kier alpha value is -3.53. The van der Waals surface area contributed by atoms with Crippen molar-refractivity contribution in [3.05, 3.63) is 42.4 Å². The molecule has 3 aromatic rings. The second kappa shape index (κ2) is 9.73. The number of fused-ring (bicyclic) bond motifs is 5. The molecule has 10 nitrogen and oxygen atoms in total. The molecule has 0 saturated carbocycles. The topological polar surface area (TPSA) is 107 Å². The first kappa shape index (κ1) is 21.7. The smallest absolute Gasteiger partial charge is 0.262 e. The van der Waals surface area contributed by atoms with Crippen LogP contribution in [0.2, 0.25) is 0 Å². The fourth-order valence-corrected chi connectivity index (χ4v) is 3.38. The van der Waals surface area contributed by atoms with Crippen molar-refractivity contribution in [2.45, 2.75) is 25.8 Å². The summed E-state index contributed by atoms with van der Waals surface area (Å²) in [5.41, 5.74) is 0.937. The van der Waals surface area contributed by atoms with Crippen LogP contribution in [-0.2, 0) is 0 Å². The van der Waals surface area contributed by atoms with E-state index in [-0.39, 0.29) is 17.8 Å². The van der Waals surface area contributed by atoms with Crippen molar-refractivity contribution in [3.63, 3.8) is 0 Å². The second-order valence-corrected chi connectivity index (χ2v) is 7.94. The summed E-state index contributed by atoms with van der Waals surface area (Å²) in [5, 5.41) is 11.1. The van der Waals surface area contributed by atoms with Crippen LogP contribution >= 0.6 is 0 Å². The molecule has 3 aromatic heterocycles. The molecule has 1 atom stereocenters. The minimum atomic E-state index is -0.373. The molecule has 32 heavy (non-hydrogen) atoms. The van der Waals surface area contributed by atoms with Gasteiger partial charge in [0.15, 0.2) is 5.82 Å². The number of hydrogen-bond donors (Lipinski definition) is 1. The number of anilines is 1. The van der Waals surface area contributed by atoms with Gasteiger partial charge in [-0.1, -0.05) is 6.07 Å². The van der Waals surface area contributed by atoms with E-state index in [4.69, 9.17) is 9.47 Å². The summed E-state index contributed by atoms with van der Waals surface area (Å²) in [5.74, 6) is 1.46. The zero-order valence-electron chi connectivity index (χ0n) is 18.5. The molecule has 0 radical (unpaired) electrons. The van der Waals surface area contributed by atoms with Gasteiger partial charge in [-0.3, -0.25) is 4.79 Å². The zero-order valence-corrected chi connectivity index (χ0v) is 18.5. The summed E-state index contributed by atoms with van der Waals surface area (Å²) < 4.78 is 13.6. The summed E-state index contributed by atoms with van der Waals surface area (Å²) in [6.07, 6.45) is 4.90. The first-order valence-corrected chi connectivity index (χ1v) is 10.6. The zero-order chi connectivity index (χ0) is 22.5. The van der Waals surface area contributed by atoms with E-state index >= 15 is 0 Å². The number of pyridine rings is 2. The first-order chi connectivity index (χ1) is 15.5. The molecule has 0 fully saturated rings. The minimum absolute atomic E-state index is 0.159. The largest absolute Gasteiger partial charge is 0.491 e. The maximum Gasteiger partial charge on any atom is 0.262 e. The highest BCUT2D eigenvalue weighted by Gasteiger charge is 2.20. The Morgan fingerprint density at radius 3 is 3.06 bits per heavy atom. The first-order valence-electron chi connectivity index (χ1n) is 10.6. The Bertz CT molecular complexity index is 1080. The Labute approximate surface area is 186 Å². The summed E-state index contributed by atoms with van der Waals surface area (Å²) in [7, 11) is 3.94. The van der Waals surface area contributed by atoms with Crippen LogP contribution in [0.3, 0.4) is 0 Å². The van der Waals surface area contributed by atoms with Crippen LogP contribution in [0.5, 0.6) is 11.6 Å². The van der Waals surface area contributed by atoms with Gasteiger partial charge < -0.3 is 24.3 Å². The Kier molecular flexibility index (Phi) is 6.60. The highest BCUT2D eigenvalue weighted by molar-refractivity contribution is 6.05. The molecule has 0 aromatic carbocycles. The number of amides is 1. The second-order valence-electron chi connectivity index (χ2n) is 7.94. The number of nitrogens with zero attached hydrogens (tertiary/aromatic N) is 6. The molecule has 168 valence electrons. The van der Waals surface area contributed by atoms with E-state index in [1.165, 1.54) is 0 Å². The monoisotopic (exact) mass is 437 g/mol. The van der Waals surface area contributed by atoms with E-state index in [0.717, 1.165) is 19.4 Å². The summed E-state index contributed by atoms with van der Waals surface area (Å²) in [4.78, 5) is 24.0. The normalized spacial score (nSPS) is 16.4. The van der Waals surface area contributed by atoms with Crippen LogP contribution in [0.15, 0.2) is 36.8 Å². The number of carbonyl (C=O) groups is 1. The van der Waals surface area contributed by atoms with Crippen LogP contribution in [0.25, 0.3) is 11.5 Å². The highest BCUT2D eigenvalue weighted by atomic mass is 16.5. The van der Waals surface area contributed by atoms with E-state index in [9.17, 15) is 4.79 Å². The van der Waals surface area contributed by atoms with E-state index in [2.05, 4.69) is 32.4 Å². The highest BCUT2D eigenvalue weighted by Crippen LogP contribution is 2.26. The Morgan fingerprint density at radius 2 is 2.22 bits per heavy atom. The number of carbonyl (C=O) groups excluding carboxylic acids is 1. The summed E-state index contributed by atoms with van der Waals surface area (Å²) >= 11 is 0. The van der Waals surface area contributed by atoms with Crippen molar-refractivity contribution in [1.82, 2.24) is 29.6 Å². The molecule has 4 rings (SSSR count). The van der Waals surface area contributed by atoms with Gasteiger partial charge in [0.25, 0.3) is 5.91 Å². The third-order valence-corrected chi connectivity index (χ3v) is 5.15. The number of aromatic nitrogens is 5. The van der Waals surface area contributed by atoms with E-state index in [1.54, 1.807) is 24.7 Å². The number of nitrogens with one attached hydrogen (secondary N) is 1. The van der Waals surface area contributed by atoms with Gasteiger partial charge in [0, 0.05) is 12.6 Å². The molecule has 10 heteroatoms. The van der Waals surface area contributed by atoms with Crippen LogP contribution in [-0.4, -0.2) is 69.4 Å². The molecule has 0 saturated heterocycles. The molecule has 1 aliphatic heterocycles. The van der Waals surface area contributed by atoms with Gasteiger partial charge in [0.1, 0.15) is 35.8 Å². The number of ether oxygens (including phenoxy) is 2. The predicted octanol–water partition coefficient (Wildman–Crippen LogP) is 2.66. The number of likely N-dealkylation sites (N-methyl/N-ethyl adjacent to an activating group) is 1. The van der Waals surface area contributed by atoms with Gasteiger partial charge in [0.2, 0.25) is 5.88 Å². The fraction of sp³-hybridized carbons (Fsp3) is 0.409. The third kappa shape index (κ3) is 5.02. The summed E-state index contributed by atoms with van der Waals surface area (Å²) in [6, 6.07) is 7.21. The lowest BCUT2D eigenvalue weighted by Crippen LogP contribution is -2.20. The Morgan fingerprint density at radius 1 is 1.34 bits per heavy atom. The van der Waals surface area contributed by atoms with Crippen molar-refractivity contribution in [3.8, 4) is 23.1 Å². The molecular formula is C22H27N7O3. The van der Waals surface area contributed by atoms with Crippen LogP contribution < -0.4 is 14.8 Å².